The zero-order valence-corrected chi connectivity index (χ0v) is 11.1. The minimum Gasteiger partial charge on any atom is -0.409 e. The van der Waals surface area contributed by atoms with Crippen LogP contribution in [0.15, 0.2) is 29.4 Å². The average Bonchev–Trinajstić information content (AvgIpc) is 3.20. The van der Waals surface area contributed by atoms with E-state index in [9.17, 15) is 4.79 Å². The summed E-state index contributed by atoms with van der Waals surface area (Å²) in [7, 11) is 3.90. The van der Waals surface area contributed by atoms with Crippen LogP contribution in [-0.4, -0.2) is 31.0 Å². The molecule has 1 aromatic rings. The molecule has 1 aliphatic rings. The number of benzene rings is 1. The molecule has 0 unspecified atom stereocenters. The van der Waals surface area contributed by atoms with Gasteiger partial charge in [-0.2, -0.15) is 0 Å². The SMILES string of the molecule is CN(C)c1ccc(NC(=O)C2(/C(N)=N/O)CC2)cc1. The molecule has 0 radical (unpaired) electrons. The lowest BCUT2D eigenvalue weighted by Crippen LogP contribution is -2.36. The fourth-order valence-corrected chi connectivity index (χ4v) is 1.91. The molecule has 6 nitrogen and oxygen atoms in total. The van der Waals surface area contributed by atoms with Crippen molar-refractivity contribution in [1.29, 1.82) is 0 Å². The van der Waals surface area contributed by atoms with Gasteiger partial charge in [-0.1, -0.05) is 5.16 Å². The number of rotatable bonds is 4. The molecule has 2 rings (SSSR count). The van der Waals surface area contributed by atoms with E-state index < -0.39 is 5.41 Å². The Morgan fingerprint density at radius 1 is 1.37 bits per heavy atom. The number of nitrogens with one attached hydrogen (secondary N) is 1. The van der Waals surface area contributed by atoms with Gasteiger partial charge in [0.25, 0.3) is 0 Å². The van der Waals surface area contributed by atoms with E-state index in [2.05, 4.69) is 10.5 Å². The molecule has 0 heterocycles. The second-order valence-corrected chi connectivity index (χ2v) is 4.96. The van der Waals surface area contributed by atoms with Crippen molar-refractivity contribution in [1.82, 2.24) is 0 Å². The predicted octanol–water partition coefficient (Wildman–Crippen LogP) is 1.22. The lowest BCUT2D eigenvalue weighted by Gasteiger charge is -2.15. The van der Waals surface area contributed by atoms with E-state index >= 15 is 0 Å². The minimum absolute atomic E-state index is 0.0186. The molecule has 6 heteroatoms. The summed E-state index contributed by atoms with van der Waals surface area (Å²) < 4.78 is 0. The first-order valence-electron chi connectivity index (χ1n) is 6.06. The third-order valence-corrected chi connectivity index (χ3v) is 3.42. The summed E-state index contributed by atoms with van der Waals surface area (Å²) in [6.07, 6.45) is 1.23. The van der Waals surface area contributed by atoms with E-state index in [4.69, 9.17) is 10.9 Å². The Bertz CT molecular complexity index is 504. The summed E-state index contributed by atoms with van der Waals surface area (Å²) in [4.78, 5) is 14.1. The first-order chi connectivity index (χ1) is 8.99. The summed E-state index contributed by atoms with van der Waals surface area (Å²) in [5.74, 6) is -0.240. The molecule has 1 aromatic carbocycles. The van der Waals surface area contributed by atoms with Crippen LogP contribution in [0, 0.1) is 5.41 Å². The quantitative estimate of drug-likeness (QED) is 0.329. The minimum atomic E-state index is -0.824. The number of amidine groups is 1. The van der Waals surface area contributed by atoms with Crippen LogP contribution in [-0.2, 0) is 4.79 Å². The molecule has 0 atom stereocenters. The average molecular weight is 262 g/mol. The van der Waals surface area contributed by atoms with Gasteiger partial charge in [0.15, 0.2) is 5.84 Å². The van der Waals surface area contributed by atoms with Crippen LogP contribution in [0.1, 0.15) is 12.8 Å². The molecular formula is C13H18N4O2. The van der Waals surface area contributed by atoms with Crippen LogP contribution < -0.4 is 16.0 Å². The Kier molecular flexibility index (Phi) is 3.33. The molecular weight excluding hydrogens is 244 g/mol. The van der Waals surface area contributed by atoms with E-state index in [1.165, 1.54) is 0 Å². The number of nitrogens with two attached hydrogens (primary N) is 1. The number of hydrogen-bond acceptors (Lipinski definition) is 4. The maximum Gasteiger partial charge on any atom is 0.238 e. The van der Waals surface area contributed by atoms with Crippen LogP contribution in [0.4, 0.5) is 11.4 Å². The van der Waals surface area contributed by atoms with Crippen molar-refractivity contribution < 1.29 is 10.0 Å². The fourth-order valence-electron chi connectivity index (χ4n) is 1.91. The van der Waals surface area contributed by atoms with E-state index in [1.54, 1.807) is 0 Å². The number of nitrogens with zero attached hydrogens (tertiary/aromatic N) is 2. The van der Waals surface area contributed by atoms with Crippen molar-refractivity contribution in [3.63, 3.8) is 0 Å². The first kappa shape index (κ1) is 13.2. The Balaban J connectivity index is 2.08. The van der Waals surface area contributed by atoms with Gasteiger partial charge in [-0.15, -0.1) is 0 Å². The molecule has 0 saturated heterocycles. The van der Waals surface area contributed by atoms with Gasteiger partial charge in [0, 0.05) is 25.5 Å². The molecule has 1 saturated carbocycles. The van der Waals surface area contributed by atoms with Gasteiger partial charge in [-0.3, -0.25) is 4.79 Å². The predicted molar refractivity (Wildman–Crippen MR) is 74.5 cm³/mol. The third kappa shape index (κ3) is 2.47. The Hall–Kier alpha value is -2.24. The zero-order valence-electron chi connectivity index (χ0n) is 11.1. The van der Waals surface area contributed by atoms with Gasteiger partial charge in [0.2, 0.25) is 5.91 Å². The van der Waals surface area contributed by atoms with E-state index in [1.807, 2.05) is 43.3 Å². The highest BCUT2D eigenvalue weighted by Gasteiger charge is 2.54. The molecule has 0 spiro atoms. The second kappa shape index (κ2) is 4.79. The molecule has 4 N–H and O–H groups in total. The van der Waals surface area contributed by atoms with Crippen molar-refractivity contribution in [3.05, 3.63) is 24.3 Å². The topological polar surface area (TPSA) is 91.0 Å². The Morgan fingerprint density at radius 2 is 1.95 bits per heavy atom. The monoisotopic (exact) mass is 262 g/mol. The van der Waals surface area contributed by atoms with Crippen molar-refractivity contribution in [2.24, 2.45) is 16.3 Å². The largest absolute Gasteiger partial charge is 0.409 e. The van der Waals surface area contributed by atoms with Crippen molar-refractivity contribution >= 4 is 23.1 Å². The normalized spacial score (nSPS) is 16.8. The molecule has 0 aromatic heterocycles. The molecule has 0 aliphatic heterocycles. The highest BCUT2D eigenvalue weighted by Crippen LogP contribution is 2.46. The maximum absolute atomic E-state index is 12.1. The number of amides is 1. The summed E-state index contributed by atoms with van der Waals surface area (Å²) >= 11 is 0. The number of carbonyl (C=O) groups is 1. The van der Waals surface area contributed by atoms with Gasteiger partial charge in [-0.25, -0.2) is 0 Å². The Morgan fingerprint density at radius 3 is 2.37 bits per heavy atom. The number of hydrogen-bond donors (Lipinski definition) is 3. The number of carbonyl (C=O) groups excluding carboxylic acids is 1. The van der Waals surface area contributed by atoms with Crippen LogP contribution in [0.25, 0.3) is 0 Å². The van der Waals surface area contributed by atoms with Crippen LogP contribution in [0.5, 0.6) is 0 Å². The fraction of sp³-hybridized carbons (Fsp3) is 0.385. The summed E-state index contributed by atoms with van der Waals surface area (Å²) in [5, 5.41) is 14.4. The lowest BCUT2D eigenvalue weighted by molar-refractivity contribution is -0.119. The van der Waals surface area contributed by atoms with Gasteiger partial charge >= 0.3 is 0 Å². The molecule has 102 valence electrons. The first-order valence-corrected chi connectivity index (χ1v) is 6.06. The molecule has 1 fully saturated rings. The highest BCUT2D eigenvalue weighted by molar-refractivity contribution is 6.14. The second-order valence-electron chi connectivity index (χ2n) is 4.96. The van der Waals surface area contributed by atoms with Crippen molar-refractivity contribution in [2.45, 2.75) is 12.8 Å². The van der Waals surface area contributed by atoms with E-state index in [-0.39, 0.29) is 11.7 Å². The maximum atomic E-state index is 12.1. The van der Waals surface area contributed by atoms with E-state index in [0.29, 0.717) is 18.5 Å². The number of anilines is 2. The van der Waals surface area contributed by atoms with Crippen molar-refractivity contribution in [3.8, 4) is 0 Å². The summed E-state index contributed by atoms with van der Waals surface area (Å²) in [6, 6.07) is 7.49. The third-order valence-electron chi connectivity index (χ3n) is 3.42. The van der Waals surface area contributed by atoms with Crippen LogP contribution >= 0.6 is 0 Å². The van der Waals surface area contributed by atoms with Gasteiger partial charge in [-0.05, 0) is 37.1 Å². The van der Waals surface area contributed by atoms with E-state index in [0.717, 1.165) is 5.69 Å². The van der Waals surface area contributed by atoms with Gasteiger partial charge in [0.1, 0.15) is 5.41 Å². The molecule has 1 aliphatic carbocycles. The van der Waals surface area contributed by atoms with Crippen LogP contribution in [0.3, 0.4) is 0 Å². The summed E-state index contributed by atoms with van der Waals surface area (Å²) in [6.45, 7) is 0. The Labute approximate surface area is 111 Å². The molecule has 1 amide bonds. The molecule has 0 bridgehead atoms. The zero-order chi connectivity index (χ0) is 14.0. The van der Waals surface area contributed by atoms with Crippen molar-refractivity contribution in [2.75, 3.05) is 24.3 Å². The van der Waals surface area contributed by atoms with Gasteiger partial charge in [0.05, 0.1) is 0 Å². The lowest BCUT2D eigenvalue weighted by atomic mass is 10.1. The molecule has 19 heavy (non-hydrogen) atoms. The summed E-state index contributed by atoms with van der Waals surface area (Å²) in [5.41, 5.74) is 6.49. The standard InChI is InChI=1S/C13H18N4O2/c1-17(2)10-5-3-9(4-6-10)15-12(18)13(7-8-13)11(14)16-19/h3-6,19H,7-8H2,1-2H3,(H2,14,16)(H,15,18). The highest BCUT2D eigenvalue weighted by atomic mass is 16.4. The van der Waals surface area contributed by atoms with Crippen LogP contribution in [0.2, 0.25) is 0 Å². The number of oxime groups is 1. The van der Waals surface area contributed by atoms with Gasteiger partial charge < -0.3 is 21.2 Å². The smallest absolute Gasteiger partial charge is 0.238 e.